The maximum absolute atomic E-state index is 16.0. The average molecular weight is 1180 g/mol. The summed E-state index contributed by atoms with van der Waals surface area (Å²) in [4.78, 5) is 38.8. The lowest BCUT2D eigenvalue weighted by molar-refractivity contribution is -0.114. The van der Waals surface area contributed by atoms with Crippen molar-refractivity contribution >= 4 is 57.9 Å². The van der Waals surface area contributed by atoms with Gasteiger partial charge >= 0.3 is 0 Å². The second kappa shape index (κ2) is 41.4. The van der Waals surface area contributed by atoms with Crippen molar-refractivity contribution in [3.63, 3.8) is 0 Å². The van der Waals surface area contributed by atoms with Crippen LogP contribution in [0.2, 0.25) is 0 Å². The number of nitrogens with zero attached hydrogens (tertiary/aromatic N) is 2. The smallest absolute Gasteiger partial charge is 0.259 e. The third-order valence-electron chi connectivity index (χ3n) is 18.9. The van der Waals surface area contributed by atoms with E-state index >= 15 is 9.59 Å². The number of unbranched alkanes of at least 4 members (excludes halogenated alkanes) is 32. The van der Waals surface area contributed by atoms with Crippen LogP contribution in [0.4, 0.5) is 11.4 Å². The molecule has 0 spiro atoms. The van der Waals surface area contributed by atoms with E-state index in [4.69, 9.17) is 0 Å². The van der Waals surface area contributed by atoms with Crippen molar-refractivity contribution in [1.29, 1.82) is 0 Å². The first-order valence-electron chi connectivity index (χ1n) is 35.3. The Morgan fingerprint density at radius 1 is 0.310 bits per heavy atom. The van der Waals surface area contributed by atoms with E-state index in [1.807, 2.05) is 0 Å². The highest BCUT2D eigenvalue weighted by Crippen LogP contribution is 2.49. The third kappa shape index (κ3) is 23.1. The number of amides is 2. The van der Waals surface area contributed by atoms with Gasteiger partial charge in [0, 0.05) is 34.0 Å². The molecule has 6 heteroatoms. The van der Waals surface area contributed by atoms with Crippen molar-refractivity contribution in [3.05, 3.63) is 96.1 Å². The zero-order chi connectivity index (χ0) is 59.4. The van der Waals surface area contributed by atoms with Crippen LogP contribution in [0, 0.1) is 11.8 Å². The molecule has 4 nitrogen and oxygen atoms in total. The molecule has 4 aromatic rings. The molecule has 2 heterocycles. The molecule has 4 aromatic carbocycles. The lowest BCUT2D eigenvalue weighted by Crippen LogP contribution is -2.34. The zero-order valence-electron chi connectivity index (χ0n) is 54.5. The molecule has 2 unspecified atom stereocenters. The molecule has 84 heavy (non-hydrogen) atoms. The lowest BCUT2D eigenvalue weighted by atomic mass is 9.93. The molecule has 6 rings (SSSR count). The molecule has 2 amide bonds. The predicted octanol–water partition coefficient (Wildman–Crippen LogP) is 25.0. The average Bonchev–Trinajstić information content (AvgIpc) is 1.90. The van der Waals surface area contributed by atoms with Crippen LogP contribution >= 0.6 is 23.5 Å². The minimum absolute atomic E-state index is 0.0117. The summed E-state index contributed by atoms with van der Waals surface area (Å²) in [5.74, 6) is 0.821. The molecule has 2 aliphatic heterocycles. The topological polar surface area (TPSA) is 40.6 Å². The molecule has 464 valence electrons. The minimum Gasteiger partial charge on any atom is -0.307 e. The molecule has 0 aromatic heterocycles. The van der Waals surface area contributed by atoms with E-state index in [1.165, 1.54) is 241 Å². The quantitative estimate of drug-likeness (QED) is 0.0251. The number of carbonyl (C=O) groups is 2. The summed E-state index contributed by atoms with van der Waals surface area (Å²) in [7, 11) is 0. The summed E-state index contributed by atoms with van der Waals surface area (Å²) < 4.78 is 0. The van der Waals surface area contributed by atoms with Crippen LogP contribution in [0.1, 0.15) is 296 Å². The molecular formula is C78H118N2O2S2. The predicted molar refractivity (Wildman–Crippen MR) is 373 cm³/mol. The van der Waals surface area contributed by atoms with E-state index in [-0.39, 0.29) is 11.8 Å². The maximum Gasteiger partial charge on any atom is 0.259 e. The van der Waals surface area contributed by atoms with Crippen molar-refractivity contribution in [1.82, 2.24) is 0 Å². The molecular weight excluding hydrogens is 1060 g/mol. The molecule has 2 atom stereocenters. The standard InChI is InChI=1S/C78H118N2O2S2/c1-7-11-15-19-23-27-29-33-37-41-45-63(43-39-35-31-25-21-17-13-9-3)61-79-73-59-67(65-47-53-69(83-5)54-48-65)51-57-71(73)75(77(79)81)76-72-58-52-68(66-49-55-70(84-6)56-50-66)60-74(72)80(78(76)82)62-64(44-40-36-32-26-22-18-14-10-4)46-42-38-34-30-28-24-20-16-12-8-2/h47-60,63-64H,7-46,61-62H2,1-6H3/b76-75+. The maximum atomic E-state index is 16.0. The molecule has 0 saturated heterocycles. The van der Waals surface area contributed by atoms with E-state index < -0.39 is 0 Å². The molecule has 0 fully saturated rings. The van der Waals surface area contributed by atoms with Crippen molar-refractivity contribution in [2.24, 2.45) is 11.8 Å². The Balaban J connectivity index is 1.34. The van der Waals surface area contributed by atoms with Crippen LogP contribution in [0.15, 0.2) is 94.7 Å². The number of benzene rings is 4. The SMILES string of the molecule is CCCCCCCCCCCCC(CCCCCCCCCC)CN1C(=O)/C(=C2/C(=O)N(CC(CCCCCCCCCC)CCCCCCCCCCCC)c3cc(-c4ccc(SC)cc4)ccc32)c2ccc(-c3ccc(SC)cc3)cc21. The van der Waals surface area contributed by atoms with Crippen LogP contribution < -0.4 is 9.80 Å². The molecule has 2 aliphatic rings. The number of hydrogen-bond donors (Lipinski definition) is 0. The first-order chi connectivity index (χ1) is 41.3. The molecule has 0 saturated carbocycles. The van der Waals surface area contributed by atoms with Gasteiger partial charge < -0.3 is 9.80 Å². The fourth-order valence-electron chi connectivity index (χ4n) is 13.6. The van der Waals surface area contributed by atoms with Crippen molar-refractivity contribution in [2.45, 2.75) is 294 Å². The van der Waals surface area contributed by atoms with Gasteiger partial charge in [0.25, 0.3) is 11.8 Å². The van der Waals surface area contributed by atoms with Gasteiger partial charge in [-0.3, -0.25) is 9.59 Å². The lowest BCUT2D eigenvalue weighted by Gasteiger charge is -2.25. The Morgan fingerprint density at radius 3 is 0.798 bits per heavy atom. The van der Waals surface area contributed by atoms with Gasteiger partial charge in [-0.1, -0.05) is 307 Å². The first-order valence-corrected chi connectivity index (χ1v) is 37.8. The molecule has 0 N–H and O–H groups in total. The van der Waals surface area contributed by atoms with Crippen LogP contribution in [0.5, 0.6) is 0 Å². The van der Waals surface area contributed by atoms with E-state index in [2.05, 4.69) is 135 Å². The number of rotatable bonds is 48. The number of hydrogen-bond acceptors (Lipinski definition) is 4. The highest BCUT2D eigenvalue weighted by molar-refractivity contribution is 7.98. The fourth-order valence-corrected chi connectivity index (χ4v) is 14.4. The summed E-state index contributed by atoms with van der Waals surface area (Å²) in [5, 5.41) is 0. The van der Waals surface area contributed by atoms with Crippen molar-refractivity contribution < 1.29 is 9.59 Å². The van der Waals surface area contributed by atoms with E-state index in [0.29, 0.717) is 36.1 Å². The number of thioether (sulfide) groups is 2. The normalized spacial score (nSPS) is 14.7. The summed E-state index contributed by atoms with van der Waals surface area (Å²) in [6.07, 6.45) is 56.3. The largest absolute Gasteiger partial charge is 0.307 e. The van der Waals surface area contributed by atoms with Gasteiger partial charge in [-0.25, -0.2) is 0 Å². The molecule has 0 aliphatic carbocycles. The first kappa shape index (κ1) is 69.4. The summed E-state index contributed by atoms with van der Waals surface area (Å²) in [5.41, 5.74) is 9.56. The van der Waals surface area contributed by atoms with Gasteiger partial charge in [0.15, 0.2) is 0 Å². The number of fused-ring (bicyclic) bond motifs is 2. The highest BCUT2D eigenvalue weighted by atomic mass is 32.2. The molecule has 0 bridgehead atoms. The van der Waals surface area contributed by atoms with Gasteiger partial charge in [-0.05, 0) is 109 Å². The zero-order valence-corrected chi connectivity index (χ0v) is 56.1. The highest BCUT2D eigenvalue weighted by Gasteiger charge is 2.43. The van der Waals surface area contributed by atoms with Gasteiger partial charge in [0.1, 0.15) is 0 Å². The van der Waals surface area contributed by atoms with Crippen molar-refractivity contribution in [3.8, 4) is 22.3 Å². The molecule has 0 radical (unpaired) electrons. The third-order valence-corrected chi connectivity index (χ3v) is 20.4. The van der Waals surface area contributed by atoms with E-state index in [9.17, 15) is 0 Å². The van der Waals surface area contributed by atoms with Gasteiger partial charge in [0.05, 0.1) is 22.5 Å². The van der Waals surface area contributed by atoms with Crippen LogP contribution in [-0.4, -0.2) is 37.4 Å². The summed E-state index contributed by atoms with van der Waals surface area (Å²) in [6, 6.07) is 31.1. The Labute approximate surface area is 524 Å². The Bertz CT molecular complexity index is 2310. The summed E-state index contributed by atoms with van der Waals surface area (Å²) >= 11 is 3.53. The monoisotopic (exact) mass is 1180 g/mol. The van der Waals surface area contributed by atoms with Crippen molar-refractivity contribution in [2.75, 3.05) is 35.4 Å². The summed E-state index contributed by atoms with van der Waals surface area (Å²) in [6.45, 7) is 10.6. The van der Waals surface area contributed by atoms with Gasteiger partial charge in [-0.2, -0.15) is 0 Å². The van der Waals surface area contributed by atoms with E-state index in [1.54, 1.807) is 23.5 Å². The minimum atomic E-state index is 0.0117. The van der Waals surface area contributed by atoms with Gasteiger partial charge in [0.2, 0.25) is 0 Å². The van der Waals surface area contributed by atoms with Crippen LogP contribution in [-0.2, 0) is 9.59 Å². The van der Waals surface area contributed by atoms with Crippen LogP contribution in [0.25, 0.3) is 33.4 Å². The fraction of sp³-hybridized carbons (Fsp3) is 0.641. The Hall–Kier alpha value is -3.74. The van der Waals surface area contributed by atoms with E-state index in [0.717, 1.165) is 70.4 Å². The number of carbonyl (C=O) groups excluding carboxylic acids is 2. The number of anilines is 2. The van der Waals surface area contributed by atoms with Gasteiger partial charge in [-0.15, -0.1) is 23.5 Å². The Morgan fingerprint density at radius 2 is 0.548 bits per heavy atom. The Kier molecular flexibility index (Phi) is 34.2. The second-order valence-corrected chi connectivity index (χ2v) is 27.5. The van der Waals surface area contributed by atoms with Crippen LogP contribution in [0.3, 0.4) is 0 Å². The second-order valence-electron chi connectivity index (χ2n) is 25.7.